The zero-order chi connectivity index (χ0) is 22.5. The molecular formula is C28H38N4O. The second-order valence-corrected chi connectivity index (χ2v) is 10.3. The number of likely N-dealkylation sites (tertiary alicyclic amines) is 1. The van der Waals surface area contributed by atoms with Crippen molar-refractivity contribution in [1.82, 2.24) is 20.5 Å². The lowest BCUT2D eigenvalue weighted by Gasteiger charge is -2.30. The van der Waals surface area contributed by atoms with E-state index in [1.54, 1.807) is 6.20 Å². The Hall–Kier alpha value is -2.24. The molecule has 0 unspecified atom stereocenters. The van der Waals surface area contributed by atoms with Crippen LogP contribution in [0.3, 0.4) is 0 Å². The minimum absolute atomic E-state index is 0.0629. The van der Waals surface area contributed by atoms with Crippen molar-refractivity contribution < 1.29 is 4.79 Å². The minimum Gasteiger partial charge on any atom is -0.351 e. The van der Waals surface area contributed by atoms with Crippen LogP contribution in [-0.2, 0) is 24.2 Å². The van der Waals surface area contributed by atoms with Crippen LogP contribution in [-0.4, -0.2) is 46.5 Å². The van der Waals surface area contributed by atoms with Crippen LogP contribution in [0.25, 0.3) is 0 Å². The first kappa shape index (κ1) is 22.5. The second-order valence-electron chi connectivity index (χ2n) is 10.3. The summed E-state index contributed by atoms with van der Waals surface area (Å²) in [7, 11) is 0. The molecule has 1 aromatic heterocycles. The van der Waals surface area contributed by atoms with Gasteiger partial charge in [0.2, 0.25) is 5.91 Å². The molecular weight excluding hydrogens is 408 g/mol. The Kier molecular flexibility index (Phi) is 7.37. The van der Waals surface area contributed by atoms with Crippen molar-refractivity contribution in [3.63, 3.8) is 0 Å². The molecule has 5 rings (SSSR count). The fraction of sp³-hybridized carbons (Fsp3) is 0.571. The zero-order valence-corrected chi connectivity index (χ0v) is 19.7. The molecule has 1 saturated heterocycles. The lowest BCUT2D eigenvalue weighted by molar-refractivity contribution is -0.126. The number of carbonyl (C=O) groups excluding carboxylic acids is 1. The first-order chi connectivity index (χ1) is 16.3. The smallest absolute Gasteiger partial charge is 0.237 e. The summed E-state index contributed by atoms with van der Waals surface area (Å²) < 4.78 is 0. The van der Waals surface area contributed by atoms with E-state index in [2.05, 4.69) is 44.8 Å². The Morgan fingerprint density at radius 3 is 2.36 bits per heavy atom. The first-order valence-electron chi connectivity index (χ1n) is 13.0. The summed E-state index contributed by atoms with van der Waals surface area (Å²) >= 11 is 0. The van der Waals surface area contributed by atoms with Crippen LogP contribution in [0.2, 0.25) is 0 Å². The molecule has 0 bridgehead atoms. The number of fused-ring (bicyclic) bond motifs is 1. The summed E-state index contributed by atoms with van der Waals surface area (Å²) in [5.41, 5.74) is 3.95. The average molecular weight is 447 g/mol. The Morgan fingerprint density at radius 2 is 1.67 bits per heavy atom. The molecule has 5 heteroatoms. The van der Waals surface area contributed by atoms with Gasteiger partial charge in [-0.05, 0) is 54.9 Å². The van der Waals surface area contributed by atoms with Crippen LogP contribution in [0.5, 0.6) is 0 Å². The highest BCUT2D eigenvalue weighted by molar-refractivity contribution is 5.82. The highest BCUT2D eigenvalue weighted by Crippen LogP contribution is 2.31. The predicted molar refractivity (Wildman–Crippen MR) is 132 cm³/mol. The third-order valence-corrected chi connectivity index (χ3v) is 7.91. The van der Waals surface area contributed by atoms with Crippen molar-refractivity contribution in [2.45, 2.75) is 94.9 Å². The SMILES string of the molecule is O=C(NCc1cccnc1)[C@@H]1C[C@H](NC2CCCCCCC2)CN1C1Cc2ccccc2C1. The van der Waals surface area contributed by atoms with Gasteiger partial charge in [0.05, 0.1) is 6.04 Å². The van der Waals surface area contributed by atoms with Crippen LogP contribution in [0, 0.1) is 0 Å². The van der Waals surface area contributed by atoms with E-state index in [9.17, 15) is 4.79 Å². The van der Waals surface area contributed by atoms with Crippen molar-refractivity contribution in [3.05, 3.63) is 65.5 Å². The predicted octanol–water partition coefficient (Wildman–Crippen LogP) is 4.01. The topological polar surface area (TPSA) is 57.3 Å². The number of aromatic nitrogens is 1. The summed E-state index contributed by atoms with van der Waals surface area (Å²) in [6, 6.07) is 14.1. The molecule has 1 amide bonds. The van der Waals surface area contributed by atoms with Crippen molar-refractivity contribution in [3.8, 4) is 0 Å². The Labute approximate surface area is 198 Å². The molecule has 33 heavy (non-hydrogen) atoms. The van der Waals surface area contributed by atoms with E-state index in [1.807, 2.05) is 18.3 Å². The maximum absolute atomic E-state index is 13.4. The highest BCUT2D eigenvalue weighted by Gasteiger charge is 2.42. The Balaban J connectivity index is 1.26. The van der Waals surface area contributed by atoms with Crippen LogP contribution in [0.1, 0.15) is 68.1 Å². The Bertz CT molecular complexity index is 884. The molecule has 2 N–H and O–H groups in total. The quantitative estimate of drug-likeness (QED) is 0.704. The molecule has 0 spiro atoms. The van der Waals surface area contributed by atoms with Gasteiger partial charge in [0.1, 0.15) is 0 Å². The number of rotatable bonds is 6. The number of nitrogens with zero attached hydrogens (tertiary/aromatic N) is 2. The number of hydrogen-bond donors (Lipinski definition) is 2. The zero-order valence-electron chi connectivity index (χ0n) is 19.7. The molecule has 2 fully saturated rings. The normalized spacial score (nSPS) is 24.8. The van der Waals surface area contributed by atoms with Gasteiger partial charge in [-0.15, -0.1) is 0 Å². The standard InChI is InChI=1S/C28H38N4O/c33-28(30-19-21-9-8-14-29-18-21)27-17-25(31-24-12-4-2-1-3-5-13-24)20-32(27)26-15-22-10-6-7-11-23(22)16-26/h6-11,14,18,24-27,31H,1-5,12-13,15-17,19-20H2,(H,30,33)/t25-,27-/m0/s1. The maximum atomic E-state index is 13.4. The molecule has 3 aliphatic rings. The lowest BCUT2D eigenvalue weighted by atomic mass is 9.96. The molecule has 176 valence electrons. The van der Waals surface area contributed by atoms with Crippen molar-refractivity contribution in [1.29, 1.82) is 0 Å². The van der Waals surface area contributed by atoms with Gasteiger partial charge < -0.3 is 10.6 Å². The van der Waals surface area contributed by atoms with Crippen molar-refractivity contribution >= 4 is 5.91 Å². The molecule has 2 aliphatic carbocycles. The second kappa shape index (κ2) is 10.8. The van der Waals surface area contributed by atoms with Crippen LogP contribution < -0.4 is 10.6 Å². The fourth-order valence-electron chi connectivity index (χ4n) is 6.18. The van der Waals surface area contributed by atoms with E-state index in [0.29, 0.717) is 24.7 Å². The number of amides is 1. The van der Waals surface area contributed by atoms with Gasteiger partial charge in [0.25, 0.3) is 0 Å². The molecule has 2 atom stereocenters. The van der Waals surface area contributed by atoms with E-state index in [4.69, 9.17) is 0 Å². The number of carbonyl (C=O) groups is 1. The summed E-state index contributed by atoms with van der Waals surface area (Å²) in [5.74, 6) is 0.164. The van der Waals surface area contributed by atoms with Crippen molar-refractivity contribution in [2.75, 3.05) is 6.54 Å². The third-order valence-electron chi connectivity index (χ3n) is 7.91. The van der Waals surface area contributed by atoms with E-state index in [-0.39, 0.29) is 11.9 Å². The van der Waals surface area contributed by atoms with Crippen LogP contribution >= 0.6 is 0 Å². The summed E-state index contributed by atoms with van der Waals surface area (Å²) in [5, 5.41) is 7.20. The Morgan fingerprint density at radius 1 is 0.939 bits per heavy atom. The van der Waals surface area contributed by atoms with Gasteiger partial charge in [-0.25, -0.2) is 0 Å². The van der Waals surface area contributed by atoms with Crippen LogP contribution in [0.15, 0.2) is 48.8 Å². The van der Waals surface area contributed by atoms with Gasteiger partial charge in [-0.3, -0.25) is 14.7 Å². The van der Waals surface area contributed by atoms with Gasteiger partial charge in [-0.2, -0.15) is 0 Å². The maximum Gasteiger partial charge on any atom is 0.237 e. The molecule has 1 aliphatic heterocycles. The van der Waals surface area contributed by atoms with E-state index in [1.165, 1.54) is 56.1 Å². The highest BCUT2D eigenvalue weighted by atomic mass is 16.2. The molecule has 1 saturated carbocycles. The van der Waals surface area contributed by atoms with Gasteiger partial charge >= 0.3 is 0 Å². The van der Waals surface area contributed by atoms with Gasteiger partial charge in [-0.1, -0.05) is 62.4 Å². The monoisotopic (exact) mass is 446 g/mol. The first-order valence-corrected chi connectivity index (χ1v) is 13.0. The van der Waals surface area contributed by atoms with E-state index in [0.717, 1.165) is 31.4 Å². The minimum atomic E-state index is -0.0629. The molecule has 1 aromatic carbocycles. The molecule has 0 radical (unpaired) electrons. The average Bonchev–Trinajstić information content (AvgIpc) is 3.44. The lowest BCUT2D eigenvalue weighted by Crippen LogP contribution is -2.48. The largest absolute Gasteiger partial charge is 0.351 e. The van der Waals surface area contributed by atoms with E-state index < -0.39 is 0 Å². The summed E-state index contributed by atoms with van der Waals surface area (Å²) in [6.07, 6.45) is 16.0. The molecule has 2 aromatic rings. The number of nitrogens with one attached hydrogen (secondary N) is 2. The summed E-state index contributed by atoms with van der Waals surface area (Å²) in [6.45, 7) is 1.52. The molecule has 2 heterocycles. The third kappa shape index (κ3) is 5.64. The fourth-order valence-corrected chi connectivity index (χ4v) is 6.18. The van der Waals surface area contributed by atoms with Gasteiger partial charge in [0.15, 0.2) is 0 Å². The number of benzene rings is 1. The van der Waals surface area contributed by atoms with Crippen LogP contribution in [0.4, 0.5) is 0 Å². The summed E-state index contributed by atoms with van der Waals surface area (Å²) in [4.78, 5) is 20.1. The van der Waals surface area contributed by atoms with E-state index >= 15 is 0 Å². The van der Waals surface area contributed by atoms with Crippen molar-refractivity contribution in [2.24, 2.45) is 0 Å². The molecule has 5 nitrogen and oxygen atoms in total. The number of hydrogen-bond acceptors (Lipinski definition) is 4. The number of pyridine rings is 1. The van der Waals surface area contributed by atoms with Gasteiger partial charge in [0, 0.05) is 43.6 Å².